The van der Waals surface area contributed by atoms with Gasteiger partial charge in [0, 0.05) is 41.1 Å². The molecule has 0 aliphatic heterocycles. The smallest absolute Gasteiger partial charge is 0.178 e. The number of anilines is 2. The molecule has 3 N–H and O–H groups in total. The van der Waals surface area contributed by atoms with Gasteiger partial charge in [-0.1, -0.05) is 135 Å². The van der Waals surface area contributed by atoms with Gasteiger partial charge in [-0.3, -0.25) is 4.79 Å². The first kappa shape index (κ1) is 52.2. The predicted molar refractivity (Wildman–Crippen MR) is 217 cm³/mol. The molecule has 2 unspecified atom stereocenters. The molecule has 0 bridgehead atoms. The van der Waals surface area contributed by atoms with Gasteiger partial charge in [-0.05, 0) is 57.1 Å². The largest absolute Gasteiger partial charge is 0.364 e. The van der Waals surface area contributed by atoms with Crippen molar-refractivity contribution in [3.63, 3.8) is 0 Å². The van der Waals surface area contributed by atoms with Crippen LogP contribution in [0.4, 0.5) is 11.6 Å². The van der Waals surface area contributed by atoms with E-state index in [-0.39, 0.29) is 17.9 Å². The zero-order chi connectivity index (χ0) is 38.1. The van der Waals surface area contributed by atoms with E-state index < -0.39 is 6.29 Å². The number of aldehydes is 1. The monoisotopic (exact) mass is 784 g/mol. The number of aliphatic hydroxyl groups excluding tert-OH is 1. The lowest BCUT2D eigenvalue weighted by atomic mass is 9.99. The van der Waals surface area contributed by atoms with E-state index in [1.54, 1.807) is 30.6 Å². The number of nitrogens with zero attached hydrogens (tertiary/aromatic N) is 3. The molecule has 0 amide bonds. The molecule has 2 aromatic rings. The molecule has 0 saturated heterocycles. The van der Waals surface area contributed by atoms with Crippen molar-refractivity contribution in [2.24, 2.45) is 11.8 Å². The summed E-state index contributed by atoms with van der Waals surface area (Å²) < 4.78 is 0. The summed E-state index contributed by atoms with van der Waals surface area (Å²) in [6, 6.07) is 8.92. The lowest BCUT2D eigenvalue weighted by molar-refractivity contribution is -0.122. The van der Waals surface area contributed by atoms with Crippen LogP contribution >= 0.6 is 22.6 Å². The van der Waals surface area contributed by atoms with Crippen molar-refractivity contribution < 1.29 is 19.8 Å². The third-order valence-electron chi connectivity index (χ3n) is 6.65. The second-order valence-electron chi connectivity index (χ2n) is 10.2. The van der Waals surface area contributed by atoms with E-state index in [1.165, 1.54) is 0 Å². The van der Waals surface area contributed by atoms with Gasteiger partial charge in [0.25, 0.3) is 0 Å². The Morgan fingerprint density at radius 1 is 1.04 bits per heavy atom. The number of nitrogens with one attached hydrogen (secondary N) is 1. The average Bonchev–Trinajstić information content (AvgIpc) is 3.61. The van der Waals surface area contributed by atoms with Gasteiger partial charge in [-0.2, -0.15) is 0 Å². The molecule has 3 rings (SSSR count). The predicted octanol–water partition coefficient (Wildman–Crippen LogP) is 10.6. The Morgan fingerprint density at radius 3 is 2.00 bits per heavy atom. The van der Waals surface area contributed by atoms with Crippen molar-refractivity contribution in [1.82, 2.24) is 9.97 Å². The molecular formula is C39H69IN4O4. The Kier molecular flexibility index (Phi) is 38.8. The Morgan fingerprint density at radius 2 is 1.60 bits per heavy atom. The number of aliphatic hydroxyl groups is 2. The van der Waals surface area contributed by atoms with Gasteiger partial charge in [-0.25, -0.2) is 9.97 Å². The van der Waals surface area contributed by atoms with Crippen LogP contribution in [0.25, 0.3) is 0 Å². The highest BCUT2D eigenvalue weighted by Crippen LogP contribution is 2.35. The van der Waals surface area contributed by atoms with Gasteiger partial charge in [0.05, 0.1) is 0 Å². The number of halogens is 1. The summed E-state index contributed by atoms with van der Waals surface area (Å²) in [5, 5.41) is 20.3. The van der Waals surface area contributed by atoms with Gasteiger partial charge in [0.2, 0.25) is 0 Å². The SMILES string of the molecule is C=CN(c1ncnc(NC(=C)C)c1C)C1CCC(C(=O)CCC)C1.CC.CC.CC.CCC[C@H](C)C=O.CI.OC(O)c1ccccc1. The summed E-state index contributed by atoms with van der Waals surface area (Å²) >= 11 is 2.15. The lowest BCUT2D eigenvalue weighted by Crippen LogP contribution is -2.30. The van der Waals surface area contributed by atoms with Gasteiger partial charge < -0.3 is 25.2 Å². The van der Waals surface area contributed by atoms with Crippen molar-refractivity contribution in [3.05, 3.63) is 72.8 Å². The molecule has 1 aromatic heterocycles. The molecule has 276 valence electrons. The Balaban J connectivity index is -0.000000331. The zero-order valence-corrected chi connectivity index (χ0v) is 34.4. The van der Waals surface area contributed by atoms with Gasteiger partial charge in [-0.15, -0.1) is 0 Å². The fourth-order valence-electron chi connectivity index (χ4n) is 4.54. The van der Waals surface area contributed by atoms with Crippen molar-refractivity contribution in [1.29, 1.82) is 0 Å². The van der Waals surface area contributed by atoms with Gasteiger partial charge in [0.15, 0.2) is 6.29 Å². The number of aromatic nitrogens is 2. The molecule has 8 nitrogen and oxygen atoms in total. The molecule has 1 saturated carbocycles. The lowest BCUT2D eigenvalue weighted by Gasteiger charge is -2.28. The van der Waals surface area contributed by atoms with Crippen LogP contribution < -0.4 is 10.2 Å². The molecule has 1 aromatic carbocycles. The molecule has 0 radical (unpaired) electrons. The van der Waals surface area contributed by atoms with Gasteiger partial charge >= 0.3 is 0 Å². The summed E-state index contributed by atoms with van der Waals surface area (Å²) in [7, 11) is 0. The number of benzene rings is 1. The fraction of sp³-hybridized carbons (Fsp3) is 0.590. The van der Waals surface area contributed by atoms with Crippen molar-refractivity contribution in [3.8, 4) is 0 Å². The summed E-state index contributed by atoms with van der Waals surface area (Å²) in [5.41, 5.74) is 2.32. The molecule has 1 aliphatic carbocycles. The van der Waals surface area contributed by atoms with Crippen molar-refractivity contribution in [2.75, 3.05) is 15.1 Å². The van der Waals surface area contributed by atoms with Crippen LogP contribution in [0.5, 0.6) is 0 Å². The quantitative estimate of drug-likeness (QED) is 0.0843. The van der Waals surface area contributed by atoms with Crippen LogP contribution in [0.1, 0.15) is 132 Å². The van der Waals surface area contributed by atoms with Crippen LogP contribution in [0.15, 0.2) is 61.7 Å². The number of ketones is 1. The summed E-state index contributed by atoms with van der Waals surface area (Å²) in [5.74, 6) is 2.44. The number of carbonyl (C=O) groups excluding carboxylic acids is 2. The third kappa shape index (κ3) is 22.9. The van der Waals surface area contributed by atoms with E-state index in [0.29, 0.717) is 17.8 Å². The van der Waals surface area contributed by atoms with E-state index in [9.17, 15) is 9.59 Å². The number of carbonyl (C=O) groups is 2. The van der Waals surface area contributed by atoms with Crippen molar-refractivity contribution >= 4 is 46.3 Å². The highest BCUT2D eigenvalue weighted by Gasteiger charge is 2.33. The second-order valence-corrected chi connectivity index (χ2v) is 10.2. The summed E-state index contributed by atoms with van der Waals surface area (Å²) in [6.07, 6.45) is 9.59. The van der Waals surface area contributed by atoms with Crippen LogP contribution in [0.3, 0.4) is 0 Å². The number of hydrogen-bond donors (Lipinski definition) is 3. The van der Waals surface area contributed by atoms with Crippen LogP contribution in [-0.4, -0.2) is 43.2 Å². The van der Waals surface area contributed by atoms with E-state index in [2.05, 4.69) is 69.8 Å². The second kappa shape index (κ2) is 35.7. The minimum Gasteiger partial charge on any atom is -0.364 e. The molecule has 1 aliphatic rings. The first-order valence-electron chi connectivity index (χ1n) is 17.5. The minimum absolute atomic E-state index is 0.174. The molecule has 1 heterocycles. The fourth-order valence-corrected chi connectivity index (χ4v) is 4.54. The number of hydrogen-bond acceptors (Lipinski definition) is 8. The maximum atomic E-state index is 12.2. The Labute approximate surface area is 308 Å². The molecule has 9 heteroatoms. The molecule has 3 atom stereocenters. The van der Waals surface area contributed by atoms with Gasteiger partial charge in [0.1, 0.15) is 30.0 Å². The first-order chi connectivity index (χ1) is 23.1. The normalized spacial score (nSPS) is 14.2. The van der Waals surface area contributed by atoms with Crippen molar-refractivity contribution in [2.45, 2.75) is 133 Å². The van der Waals surface area contributed by atoms with E-state index in [0.717, 1.165) is 67.7 Å². The highest BCUT2D eigenvalue weighted by atomic mass is 127. The van der Waals surface area contributed by atoms with E-state index in [1.807, 2.05) is 79.5 Å². The van der Waals surface area contributed by atoms with Crippen LogP contribution in [0.2, 0.25) is 0 Å². The molecule has 0 spiro atoms. The topological polar surface area (TPSA) is 116 Å². The Bertz CT molecular complexity index is 1070. The number of rotatable bonds is 12. The summed E-state index contributed by atoms with van der Waals surface area (Å²) in [4.78, 5) is 34.9. The maximum absolute atomic E-state index is 12.2. The number of allylic oxidation sites excluding steroid dienone is 1. The summed E-state index contributed by atoms with van der Waals surface area (Å²) in [6.45, 7) is 29.8. The number of alkyl halides is 1. The molecular weight excluding hydrogens is 715 g/mol. The third-order valence-corrected chi connectivity index (χ3v) is 6.65. The Hall–Kier alpha value is -2.63. The first-order valence-corrected chi connectivity index (χ1v) is 19.7. The minimum atomic E-state index is -1.34. The molecule has 1 fully saturated rings. The van der Waals surface area contributed by atoms with Crippen LogP contribution in [0, 0.1) is 18.8 Å². The maximum Gasteiger partial charge on any atom is 0.178 e. The number of Topliss-reactive ketones (excluding diaryl/α,β-unsaturated/α-hetero) is 1. The average molecular weight is 785 g/mol. The van der Waals surface area contributed by atoms with Crippen LogP contribution in [-0.2, 0) is 9.59 Å². The van der Waals surface area contributed by atoms with E-state index >= 15 is 0 Å². The molecule has 48 heavy (non-hydrogen) atoms. The zero-order valence-electron chi connectivity index (χ0n) is 32.2. The highest BCUT2D eigenvalue weighted by molar-refractivity contribution is 14.1. The standard InChI is InChI=1S/C19H28N4O.C7H8O2.C6H12O.3C2H6.CH3I/c1-6-8-17(24)15-9-10-16(11-15)23(7-2)19-14(5)18(20-12-21-19)22-13(3)4;8-7(9)6-4-2-1-3-5-6;1-3-4-6(2)5-7;4*1-2/h7,12,15-16H,2-3,6,8-11H2,1,4-5H3,(H,20,21,22);1-5,7-9H;5-6H,3-4H2,1-2H3;3*1-2H3;1H3/t;;6-;;;;/m..0..../s1. The van der Waals surface area contributed by atoms with E-state index in [4.69, 9.17) is 10.2 Å².